The fourth-order valence-corrected chi connectivity index (χ4v) is 3.50. The molecule has 5 heteroatoms. The summed E-state index contributed by atoms with van der Waals surface area (Å²) in [7, 11) is 2.06. The minimum Gasteiger partial charge on any atom is -0.350 e. The van der Waals surface area contributed by atoms with Gasteiger partial charge in [-0.25, -0.2) is 4.98 Å². The zero-order chi connectivity index (χ0) is 18.1. The molecule has 0 N–H and O–H groups in total. The molecule has 3 nitrogen and oxygen atoms in total. The van der Waals surface area contributed by atoms with E-state index in [1.807, 2.05) is 48.9 Å². The molecule has 4 aromatic rings. The lowest BCUT2D eigenvalue weighted by atomic mass is 10.00. The van der Waals surface area contributed by atoms with E-state index in [9.17, 15) is 0 Å². The summed E-state index contributed by atoms with van der Waals surface area (Å²) in [5.74, 6) is 0. The Labute approximate surface area is 162 Å². The van der Waals surface area contributed by atoms with Crippen molar-refractivity contribution < 1.29 is 0 Å². The number of halogens is 2. The third-order valence-corrected chi connectivity index (χ3v) is 4.99. The highest BCUT2D eigenvalue weighted by molar-refractivity contribution is 6.30. The number of imidazole rings is 1. The van der Waals surface area contributed by atoms with Gasteiger partial charge in [-0.3, -0.25) is 0 Å². The first-order valence-corrected chi connectivity index (χ1v) is 9.02. The predicted molar refractivity (Wildman–Crippen MR) is 107 cm³/mol. The maximum atomic E-state index is 6.08. The van der Waals surface area contributed by atoms with Gasteiger partial charge in [-0.1, -0.05) is 47.5 Å². The average Bonchev–Trinajstić information content (AvgIpc) is 3.28. The highest BCUT2D eigenvalue weighted by Crippen LogP contribution is 2.32. The van der Waals surface area contributed by atoms with Gasteiger partial charge in [0.15, 0.2) is 0 Å². The van der Waals surface area contributed by atoms with Crippen molar-refractivity contribution in [3.05, 3.63) is 101 Å². The topological polar surface area (TPSA) is 22.8 Å². The van der Waals surface area contributed by atoms with Gasteiger partial charge < -0.3 is 9.13 Å². The first-order valence-electron chi connectivity index (χ1n) is 8.27. The fourth-order valence-electron chi connectivity index (χ4n) is 3.25. The number of rotatable bonds is 4. The van der Waals surface area contributed by atoms with Gasteiger partial charge >= 0.3 is 0 Å². The maximum Gasteiger partial charge on any atom is 0.0954 e. The molecule has 26 heavy (non-hydrogen) atoms. The second-order valence-corrected chi connectivity index (χ2v) is 7.11. The molecule has 0 radical (unpaired) electrons. The average molecular weight is 382 g/mol. The van der Waals surface area contributed by atoms with E-state index in [2.05, 4.69) is 45.6 Å². The normalized spacial score (nSPS) is 12.3. The SMILES string of the molecule is Cn1cc(C(c2ccc(Cl)cc2)n2ccnc2)cc1-c1ccc(Cl)cc1. The van der Waals surface area contributed by atoms with Crippen LogP contribution in [0.2, 0.25) is 10.0 Å². The van der Waals surface area contributed by atoms with Crippen molar-refractivity contribution in [2.24, 2.45) is 7.05 Å². The van der Waals surface area contributed by atoms with Crippen LogP contribution >= 0.6 is 23.2 Å². The Kier molecular flexibility index (Phi) is 4.58. The Morgan fingerprint density at radius 3 is 2.15 bits per heavy atom. The standard InChI is InChI=1S/C21H17Cl2N3/c1-25-13-17(12-20(25)15-2-6-18(22)7-3-15)21(26-11-10-24-14-26)16-4-8-19(23)9-5-16/h2-14,21H,1H3. The third-order valence-electron chi connectivity index (χ3n) is 4.49. The molecule has 0 fully saturated rings. The summed E-state index contributed by atoms with van der Waals surface area (Å²) in [5.41, 5.74) is 4.60. The molecule has 1 unspecified atom stereocenters. The fraction of sp³-hybridized carbons (Fsp3) is 0.0952. The van der Waals surface area contributed by atoms with E-state index < -0.39 is 0 Å². The molecule has 0 saturated heterocycles. The van der Waals surface area contributed by atoms with E-state index >= 15 is 0 Å². The number of benzene rings is 2. The van der Waals surface area contributed by atoms with Gasteiger partial charge in [-0.2, -0.15) is 0 Å². The van der Waals surface area contributed by atoms with Crippen LogP contribution in [0.1, 0.15) is 17.2 Å². The van der Waals surface area contributed by atoms with E-state index in [0.29, 0.717) is 0 Å². The lowest BCUT2D eigenvalue weighted by molar-refractivity contribution is 0.675. The number of aryl methyl sites for hydroxylation is 1. The Balaban J connectivity index is 1.81. The zero-order valence-corrected chi connectivity index (χ0v) is 15.7. The molecular weight excluding hydrogens is 365 g/mol. The summed E-state index contributed by atoms with van der Waals surface area (Å²) in [6, 6.07) is 18.1. The first kappa shape index (κ1) is 17.0. The Hall–Kier alpha value is -2.49. The van der Waals surface area contributed by atoms with E-state index in [4.69, 9.17) is 23.2 Å². The molecule has 0 aliphatic carbocycles. The molecule has 2 heterocycles. The minimum absolute atomic E-state index is 0.0296. The second kappa shape index (κ2) is 7.02. The van der Waals surface area contributed by atoms with Crippen molar-refractivity contribution in [3.63, 3.8) is 0 Å². The third kappa shape index (κ3) is 3.28. The van der Waals surface area contributed by atoms with Crippen LogP contribution < -0.4 is 0 Å². The van der Waals surface area contributed by atoms with Gasteiger partial charge in [-0.05, 0) is 47.0 Å². The van der Waals surface area contributed by atoms with E-state index in [1.54, 1.807) is 6.20 Å². The molecule has 0 amide bonds. The summed E-state index contributed by atoms with van der Waals surface area (Å²) in [4.78, 5) is 4.22. The zero-order valence-electron chi connectivity index (χ0n) is 14.2. The van der Waals surface area contributed by atoms with Crippen molar-refractivity contribution in [2.45, 2.75) is 6.04 Å². The van der Waals surface area contributed by atoms with Crippen LogP contribution in [0.5, 0.6) is 0 Å². The van der Waals surface area contributed by atoms with Crippen molar-refractivity contribution in [3.8, 4) is 11.3 Å². The van der Waals surface area contributed by atoms with Crippen molar-refractivity contribution >= 4 is 23.2 Å². The van der Waals surface area contributed by atoms with Crippen LogP contribution in [-0.4, -0.2) is 14.1 Å². The van der Waals surface area contributed by atoms with Crippen molar-refractivity contribution in [1.82, 2.24) is 14.1 Å². The minimum atomic E-state index is 0.0296. The molecule has 4 rings (SSSR count). The lowest BCUT2D eigenvalue weighted by Crippen LogP contribution is -2.09. The number of nitrogens with zero attached hydrogens (tertiary/aromatic N) is 3. The predicted octanol–water partition coefficient (Wildman–Crippen LogP) is 5.83. The highest BCUT2D eigenvalue weighted by atomic mass is 35.5. The summed E-state index contributed by atoms with van der Waals surface area (Å²) in [6.45, 7) is 0. The van der Waals surface area contributed by atoms with Crippen LogP contribution in [0.25, 0.3) is 11.3 Å². The Morgan fingerprint density at radius 2 is 1.54 bits per heavy atom. The number of hydrogen-bond donors (Lipinski definition) is 0. The second-order valence-electron chi connectivity index (χ2n) is 6.24. The molecule has 0 saturated carbocycles. The summed E-state index contributed by atoms with van der Waals surface area (Å²) < 4.78 is 4.24. The van der Waals surface area contributed by atoms with Gasteiger partial charge in [0.05, 0.1) is 12.4 Å². The smallest absolute Gasteiger partial charge is 0.0954 e. The summed E-state index contributed by atoms with van der Waals surface area (Å²) in [5, 5.41) is 1.47. The molecule has 0 spiro atoms. The molecule has 1 atom stereocenters. The first-order chi connectivity index (χ1) is 12.6. The molecule has 0 bridgehead atoms. The van der Waals surface area contributed by atoms with E-state index in [0.717, 1.165) is 26.9 Å². The van der Waals surface area contributed by atoms with Crippen molar-refractivity contribution in [1.29, 1.82) is 0 Å². The quantitative estimate of drug-likeness (QED) is 0.435. The molecule has 2 aromatic heterocycles. The Morgan fingerprint density at radius 1 is 0.885 bits per heavy atom. The maximum absolute atomic E-state index is 6.08. The van der Waals surface area contributed by atoms with Gasteiger partial charge in [-0.15, -0.1) is 0 Å². The van der Waals surface area contributed by atoms with Gasteiger partial charge in [0.2, 0.25) is 0 Å². The van der Waals surface area contributed by atoms with Crippen LogP contribution in [0.15, 0.2) is 79.5 Å². The molecule has 0 aliphatic rings. The number of aromatic nitrogens is 3. The largest absolute Gasteiger partial charge is 0.350 e. The highest BCUT2D eigenvalue weighted by Gasteiger charge is 2.19. The van der Waals surface area contributed by atoms with Gasteiger partial charge in [0.25, 0.3) is 0 Å². The Bertz CT molecular complexity index is 1000. The molecular formula is C21H17Cl2N3. The lowest BCUT2D eigenvalue weighted by Gasteiger charge is -2.18. The van der Waals surface area contributed by atoms with Crippen LogP contribution in [0, 0.1) is 0 Å². The molecule has 0 aliphatic heterocycles. The van der Waals surface area contributed by atoms with E-state index in [1.165, 1.54) is 5.56 Å². The molecule has 130 valence electrons. The summed E-state index contributed by atoms with van der Waals surface area (Å²) in [6.07, 6.45) is 7.78. The van der Waals surface area contributed by atoms with Gasteiger partial charge in [0.1, 0.15) is 0 Å². The van der Waals surface area contributed by atoms with Crippen molar-refractivity contribution in [2.75, 3.05) is 0 Å². The van der Waals surface area contributed by atoms with Gasteiger partial charge in [0, 0.05) is 41.4 Å². The monoisotopic (exact) mass is 381 g/mol. The van der Waals surface area contributed by atoms with Crippen LogP contribution in [-0.2, 0) is 7.05 Å². The van der Waals surface area contributed by atoms with E-state index in [-0.39, 0.29) is 6.04 Å². The summed E-state index contributed by atoms with van der Waals surface area (Å²) >= 11 is 12.1. The molecule has 2 aromatic carbocycles. The van der Waals surface area contributed by atoms with Crippen LogP contribution in [0.4, 0.5) is 0 Å². The van der Waals surface area contributed by atoms with Crippen LogP contribution in [0.3, 0.4) is 0 Å². The number of hydrogen-bond acceptors (Lipinski definition) is 1.